The Kier molecular flexibility index (Phi) is 43.8. The van der Waals surface area contributed by atoms with E-state index in [2.05, 4.69) is 55.6 Å². The zero-order valence-corrected chi connectivity index (χ0v) is 75.2. The van der Waals surface area contributed by atoms with Gasteiger partial charge in [-0.15, -0.1) is 0 Å². The van der Waals surface area contributed by atoms with Gasteiger partial charge in [-0.1, -0.05) is 56.4 Å². The van der Waals surface area contributed by atoms with Gasteiger partial charge in [0, 0.05) is 60.7 Å². The van der Waals surface area contributed by atoms with E-state index < -0.39 is 134 Å². The summed E-state index contributed by atoms with van der Waals surface area (Å²) in [6.45, 7) is 13.9. The summed E-state index contributed by atoms with van der Waals surface area (Å²) in [7, 11) is 1.46. The fourth-order valence-corrected chi connectivity index (χ4v) is 11.6. The molecule has 0 fully saturated rings. The zero-order valence-electron chi connectivity index (χ0n) is 75.2. The molecule has 0 bridgehead atoms. The average molecular weight is 2010 g/mol. The molecule has 9 heterocycles. The van der Waals surface area contributed by atoms with Gasteiger partial charge in [-0.2, -0.15) is 62.7 Å². The molecule has 9 aromatic heterocycles. The van der Waals surface area contributed by atoms with E-state index in [-0.39, 0.29) is 125 Å². The third kappa shape index (κ3) is 34.6. The Morgan fingerprint density at radius 2 is 0.873 bits per heavy atom. The Labute approximate surface area is 797 Å². The van der Waals surface area contributed by atoms with Crippen molar-refractivity contribution < 1.29 is 142 Å². The number of amides is 2. The van der Waals surface area contributed by atoms with Crippen molar-refractivity contribution in [2.75, 3.05) is 26.9 Å². The maximum atomic E-state index is 13.9. The van der Waals surface area contributed by atoms with Gasteiger partial charge in [-0.05, 0) is 198 Å². The number of nitrogens with two attached hydrogens (primary N) is 1. The van der Waals surface area contributed by atoms with Gasteiger partial charge in [-0.25, -0.2) is 51.5 Å². The van der Waals surface area contributed by atoms with Crippen LogP contribution in [0.5, 0.6) is 0 Å². The Hall–Kier alpha value is -15.9. The number of carbonyl (C=O) groups excluding carboxylic acids is 5. The summed E-state index contributed by atoms with van der Waals surface area (Å²) >= 11 is 0. The number of methoxy groups -OCH3 is 1. The Morgan fingerprint density at radius 1 is 0.514 bits per heavy atom. The van der Waals surface area contributed by atoms with E-state index in [1.54, 1.807) is 79.3 Å². The number of benzene rings is 4. The van der Waals surface area contributed by atoms with Crippen LogP contribution in [0.3, 0.4) is 0 Å². The zero-order chi connectivity index (χ0) is 104. The van der Waals surface area contributed by atoms with E-state index in [0.717, 1.165) is 78.5 Å². The summed E-state index contributed by atoms with van der Waals surface area (Å²) < 4.78 is 241. The number of halogens is 16. The minimum absolute atomic E-state index is 0. The monoisotopic (exact) mass is 2010 g/mol. The summed E-state index contributed by atoms with van der Waals surface area (Å²) in [5.41, 5.74) is -0.599. The second kappa shape index (κ2) is 53.3. The molecule has 0 aliphatic heterocycles. The highest BCUT2D eigenvalue weighted by molar-refractivity contribution is 6.14. The molecule has 1 unspecified atom stereocenters. The molecular weight excluding hydrogens is 1920 g/mol. The van der Waals surface area contributed by atoms with E-state index in [1.165, 1.54) is 74.4 Å². The maximum Gasteiger partial charge on any atom is 0.419 e. The number of aliphatic hydroxyl groups is 1. The summed E-state index contributed by atoms with van der Waals surface area (Å²) in [6.07, 6.45) is -4.08. The fraction of sp³-hybridized carbons (Fsp3) is 0.287. The molecule has 0 saturated heterocycles. The molecule has 8 N–H and O–H groups in total. The number of nitrogens with zero attached hydrogens (tertiary/aromatic N) is 9. The molecule has 762 valence electrons. The number of rotatable bonds is 24. The molecule has 0 spiro atoms. The number of ether oxygens (including phenoxy) is 5. The van der Waals surface area contributed by atoms with Gasteiger partial charge in [0.25, 0.3) is 34.4 Å². The van der Waals surface area contributed by atoms with E-state index in [1.807, 2.05) is 25.1 Å². The summed E-state index contributed by atoms with van der Waals surface area (Å²) in [6, 6.07) is 24.9. The smallest absolute Gasteiger partial charge is 0.419 e. The average Bonchev–Trinajstić information content (AvgIpc) is 1.63. The van der Waals surface area contributed by atoms with E-state index in [0.29, 0.717) is 71.0 Å². The number of alkyl carbamates (subject to hydrolysis) is 1. The minimum atomic E-state index is -4.83. The number of alkyl halides is 12. The number of aliphatic hydroxyl groups excluding tert-OH is 1. The summed E-state index contributed by atoms with van der Waals surface area (Å²) in [5.74, 6) is -8.84. The second-order valence-electron chi connectivity index (χ2n) is 29.7. The molecular formula is C94H96F16N14O18. The first-order valence-electron chi connectivity index (χ1n) is 41.2. The van der Waals surface area contributed by atoms with Crippen molar-refractivity contribution in [3.63, 3.8) is 0 Å². The van der Waals surface area contributed by atoms with Crippen LogP contribution >= 0.6 is 0 Å². The number of esters is 3. The molecule has 32 nitrogen and oxygen atoms in total. The number of hydrogen-bond donors (Lipinski definition) is 7. The third-order valence-corrected chi connectivity index (χ3v) is 18.2. The van der Waals surface area contributed by atoms with E-state index in [9.17, 15) is 113 Å². The minimum Gasteiger partial charge on any atom is -0.504 e. The molecule has 48 heteroatoms. The quantitative estimate of drug-likeness (QED) is 0.00432. The number of allylic oxidation sites excluding steroid dienone is 2. The predicted molar refractivity (Wildman–Crippen MR) is 482 cm³/mol. The van der Waals surface area contributed by atoms with Gasteiger partial charge < -0.3 is 83.0 Å². The van der Waals surface area contributed by atoms with Crippen LogP contribution in [0.15, 0.2) is 224 Å². The van der Waals surface area contributed by atoms with E-state index >= 15 is 0 Å². The molecule has 0 radical (unpaired) electrons. The van der Waals surface area contributed by atoms with E-state index in [4.69, 9.17) is 43.9 Å². The molecule has 0 saturated carbocycles. The van der Waals surface area contributed by atoms with Crippen molar-refractivity contribution in [2.24, 2.45) is 5.73 Å². The lowest BCUT2D eigenvalue weighted by molar-refractivity contribution is -0.147. The summed E-state index contributed by atoms with van der Waals surface area (Å²) in [5, 5.41) is 31.7. The fourth-order valence-electron chi connectivity index (χ4n) is 11.6. The predicted octanol–water partition coefficient (Wildman–Crippen LogP) is 18.1. The van der Waals surface area contributed by atoms with Gasteiger partial charge in [0.2, 0.25) is 0 Å². The maximum absolute atomic E-state index is 13.9. The van der Waals surface area contributed by atoms with Crippen molar-refractivity contribution in [3.05, 3.63) is 328 Å². The molecule has 142 heavy (non-hydrogen) atoms. The van der Waals surface area contributed by atoms with Gasteiger partial charge in [0.1, 0.15) is 62.4 Å². The van der Waals surface area contributed by atoms with Crippen molar-refractivity contribution >= 4 is 57.9 Å². The standard InChI is InChI=1S/C24H16F4N6O3.C16H13F4NO3.C15H17N5O3.C14H9F4NO3.C11H16O5.C8H7F4N.C4H10O.2CH4/c25-18-9-13(5-6-17(18)24(26,27)28)12-34-8-2-4-15(23(34)36)21(35)31-11-19-32-22(37-33-19)16-10-30-20-14(16)3-1-7-29-20;1-2-24-15(23)11-4-3-7-21(14(11)22)9-10-5-6-12(13(17)8-10)16(18,19)20;1-15(2,3)22-14(21)18-8-11-19-13(23-20-11)10-7-17-12-9(10)5-4-6-16-12;15-11-6-8(3-4-10(11)14(16,17)18)7-19-5-1-2-9(12(19)20)13(21)22;1-4-15-10(12)9(7-6-8-14-3)11(13)16-5-2;9-7-3-5(4-13)1-2-6(7)8(10,11)12;1-3-4(2)5;;/h1-10H,11-12H2,(H,29,30)(H,31,35);3-8H,2,9H2,1H3;4-7H,8H2,1-3H3,(H,16,17)(H,18,21);1-6H,7H2,(H,21,22);6-8H,4-5H2,1-3H3;1-3H,4,13H2;4-5H,3H2,1-2H3;2*1H4/b;;;;8-6+;;;;. The number of hydrogen-bond acceptors (Lipinski definition) is 24. The number of H-pyrrole nitrogens is 2. The SMILES string of the molecule is C.C.CC(C)(C)OC(=O)NCc1noc(-c2c[nH]c3ncccc23)n1.CCC(C)O.CCOC(=O)C(=C/C=C/OC)C(=O)OCC.CCOC(=O)c1cccn(Cc2ccc(C(F)(F)F)c(F)c2)c1=O.NCc1ccc(C(F)(F)F)c(F)c1.O=C(NCc1noc(-c2c[nH]c3ncccc23)n1)c1cccn(Cc2ccc(C(F)(F)F)c(F)c2)c1=O.O=C(O)c1cccn(Cc2ccc(C(F)(F)F)c(F)c2)c1=O. The van der Waals surface area contributed by atoms with Crippen molar-refractivity contribution in [1.82, 2.24) is 64.6 Å². The lowest BCUT2D eigenvalue weighted by atomic mass is 10.1. The molecule has 0 aliphatic carbocycles. The topological polar surface area (TPSA) is 440 Å². The highest BCUT2D eigenvalue weighted by atomic mass is 19.4. The number of aromatic amines is 2. The van der Waals surface area contributed by atoms with Crippen LogP contribution in [0.25, 0.3) is 45.0 Å². The third-order valence-electron chi connectivity index (χ3n) is 18.2. The second-order valence-corrected chi connectivity index (χ2v) is 29.7. The number of fused-ring (bicyclic) bond motifs is 2. The van der Waals surface area contributed by atoms with Crippen LogP contribution in [0.1, 0.15) is 164 Å². The molecule has 1 atom stereocenters. The van der Waals surface area contributed by atoms with Crippen LogP contribution in [0, 0.1) is 23.3 Å². The molecule has 0 aliphatic rings. The molecule has 2 amide bonds. The number of aromatic carboxylic acids is 1. The molecule has 4 aromatic carbocycles. The Bertz CT molecular complexity index is 6670. The molecule has 13 aromatic rings. The van der Waals surface area contributed by atoms with Crippen LogP contribution in [0.4, 0.5) is 75.0 Å². The number of pyridine rings is 5. The van der Waals surface area contributed by atoms with Crippen molar-refractivity contribution in [1.29, 1.82) is 0 Å². The lowest BCUT2D eigenvalue weighted by Gasteiger charge is -2.19. The Balaban J connectivity index is 0.000000305. The first kappa shape index (κ1) is 117. The van der Waals surface area contributed by atoms with Gasteiger partial charge in [0.05, 0.1) is 105 Å². The molecule has 13 rings (SSSR count). The van der Waals surface area contributed by atoms with Crippen molar-refractivity contribution in [2.45, 2.75) is 152 Å². The van der Waals surface area contributed by atoms with Crippen LogP contribution in [-0.4, -0.2) is 139 Å². The first-order chi connectivity index (χ1) is 65.9. The largest absolute Gasteiger partial charge is 0.504 e. The van der Waals surface area contributed by atoms with Crippen LogP contribution in [-0.2, 0) is 97.2 Å². The number of nitrogens with one attached hydrogen (secondary N) is 4. The van der Waals surface area contributed by atoms with Crippen molar-refractivity contribution in [3.8, 4) is 22.9 Å². The number of carbonyl (C=O) groups is 6. The van der Waals surface area contributed by atoms with Crippen LogP contribution < -0.4 is 33.0 Å². The normalized spacial score (nSPS) is 11.3. The highest BCUT2D eigenvalue weighted by Crippen LogP contribution is 2.36. The highest BCUT2D eigenvalue weighted by Gasteiger charge is 2.38. The number of carboxylic acids is 1. The first-order valence-corrected chi connectivity index (χ1v) is 41.2. The Morgan fingerprint density at radius 3 is 1.23 bits per heavy atom. The number of carboxylic acid groups (broad SMARTS) is 1. The van der Waals surface area contributed by atoms with Gasteiger partial charge in [-0.3, -0.25) is 19.2 Å². The lowest BCUT2D eigenvalue weighted by Crippen LogP contribution is -2.32. The number of aromatic nitrogens is 11. The summed E-state index contributed by atoms with van der Waals surface area (Å²) in [4.78, 5) is 129. The van der Waals surface area contributed by atoms with Crippen LogP contribution in [0.2, 0.25) is 0 Å². The van der Waals surface area contributed by atoms with Gasteiger partial charge >= 0.3 is 54.7 Å². The van der Waals surface area contributed by atoms with Gasteiger partial charge in [0.15, 0.2) is 11.6 Å².